The third-order valence-electron chi connectivity index (χ3n) is 1.04. The third kappa shape index (κ3) is 4.05. The van der Waals surface area contributed by atoms with Gasteiger partial charge in [0.15, 0.2) is 0 Å². The van der Waals surface area contributed by atoms with E-state index in [4.69, 9.17) is 0 Å². The summed E-state index contributed by atoms with van der Waals surface area (Å²) in [7, 11) is 0. The van der Waals surface area contributed by atoms with Gasteiger partial charge in [-0.3, -0.25) is 0 Å². The van der Waals surface area contributed by atoms with E-state index in [1.807, 2.05) is 36.4 Å². The van der Waals surface area contributed by atoms with Crippen LogP contribution in [0.1, 0.15) is 8.42 Å². The molecule has 44 valence electrons. The van der Waals surface area contributed by atoms with Crippen molar-refractivity contribution in [2.24, 2.45) is 0 Å². The van der Waals surface area contributed by atoms with Crippen LogP contribution in [0.5, 0.6) is 0 Å². The SMILES string of the molecule is C=Cc1ccccc1.[H-].[H-].[Li+].[Li+]. The van der Waals surface area contributed by atoms with Gasteiger partial charge in [0.25, 0.3) is 0 Å². The van der Waals surface area contributed by atoms with Crippen LogP contribution in [0.25, 0.3) is 6.08 Å². The van der Waals surface area contributed by atoms with E-state index < -0.39 is 0 Å². The van der Waals surface area contributed by atoms with Crippen molar-refractivity contribution in [3.05, 3.63) is 42.5 Å². The first-order chi connectivity index (χ1) is 3.93. The average Bonchev–Trinajstić information content (AvgIpc) is 1.90. The Kier molecular flexibility index (Phi) is 9.30. The van der Waals surface area contributed by atoms with E-state index in [0.29, 0.717) is 0 Å². The molecule has 0 heterocycles. The van der Waals surface area contributed by atoms with Crippen molar-refractivity contribution in [1.29, 1.82) is 0 Å². The van der Waals surface area contributed by atoms with Crippen LogP contribution < -0.4 is 37.7 Å². The molecule has 10 heavy (non-hydrogen) atoms. The van der Waals surface area contributed by atoms with Crippen molar-refractivity contribution in [1.82, 2.24) is 0 Å². The second-order valence-electron chi connectivity index (χ2n) is 1.61. The third-order valence-corrected chi connectivity index (χ3v) is 1.04. The summed E-state index contributed by atoms with van der Waals surface area (Å²) in [5, 5.41) is 0. The van der Waals surface area contributed by atoms with E-state index in [1.54, 1.807) is 0 Å². The van der Waals surface area contributed by atoms with Crippen molar-refractivity contribution in [3.8, 4) is 0 Å². The molecule has 0 bridgehead atoms. The number of hydrogen-bond acceptors (Lipinski definition) is 0. The molecule has 1 aromatic rings. The van der Waals surface area contributed by atoms with Gasteiger partial charge >= 0.3 is 37.7 Å². The van der Waals surface area contributed by atoms with Crippen LogP contribution in [-0.2, 0) is 0 Å². The van der Waals surface area contributed by atoms with Gasteiger partial charge in [0.05, 0.1) is 0 Å². The predicted octanol–water partition coefficient (Wildman–Crippen LogP) is -3.44. The second-order valence-corrected chi connectivity index (χ2v) is 1.61. The van der Waals surface area contributed by atoms with Gasteiger partial charge in [0.2, 0.25) is 0 Å². The zero-order valence-corrected chi connectivity index (χ0v) is 6.67. The molecule has 0 N–H and O–H groups in total. The Balaban J connectivity index is -0.0000000800. The van der Waals surface area contributed by atoms with Crippen LogP contribution in [0.3, 0.4) is 0 Å². The minimum atomic E-state index is 0. The molecule has 0 spiro atoms. The smallest absolute Gasteiger partial charge is 1.00 e. The molecular formula is C8H10Li2. The van der Waals surface area contributed by atoms with Gasteiger partial charge in [-0.05, 0) is 5.56 Å². The molecule has 0 aromatic heterocycles. The molecular weight excluding hydrogens is 110 g/mol. The summed E-state index contributed by atoms with van der Waals surface area (Å²) in [5.41, 5.74) is 1.17. The molecule has 0 saturated heterocycles. The second kappa shape index (κ2) is 7.26. The first kappa shape index (κ1) is 12.8. The summed E-state index contributed by atoms with van der Waals surface area (Å²) in [6.07, 6.45) is 1.83. The van der Waals surface area contributed by atoms with E-state index in [2.05, 4.69) is 6.58 Å². The number of rotatable bonds is 1. The average molecular weight is 120 g/mol. The number of benzene rings is 1. The van der Waals surface area contributed by atoms with E-state index in [-0.39, 0.29) is 40.6 Å². The van der Waals surface area contributed by atoms with Gasteiger partial charge in [0.1, 0.15) is 0 Å². The minimum Gasteiger partial charge on any atom is -1.00 e. The fourth-order valence-corrected chi connectivity index (χ4v) is 0.589. The molecule has 1 aromatic carbocycles. The minimum absolute atomic E-state index is 0. The monoisotopic (exact) mass is 120 g/mol. The molecule has 0 aliphatic rings. The predicted molar refractivity (Wildman–Crippen MR) is 38.8 cm³/mol. The quantitative estimate of drug-likeness (QED) is 0.338. The Morgan fingerprint density at radius 1 is 1.10 bits per heavy atom. The molecule has 0 nitrogen and oxygen atoms in total. The maximum Gasteiger partial charge on any atom is 1.00 e. The fraction of sp³-hybridized carbons (Fsp3) is 0. The standard InChI is InChI=1S/C8H8.2Li.2H/c1-2-8-6-4-3-5-7-8;;;;/h2-7H,1H2;;;;/q;2*+1;2*-1. The van der Waals surface area contributed by atoms with E-state index in [0.717, 1.165) is 0 Å². The van der Waals surface area contributed by atoms with Crippen molar-refractivity contribution in [2.75, 3.05) is 0 Å². The van der Waals surface area contributed by atoms with Crippen LogP contribution in [0, 0.1) is 0 Å². The van der Waals surface area contributed by atoms with Crippen molar-refractivity contribution in [2.45, 2.75) is 0 Å². The van der Waals surface area contributed by atoms with Gasteiger partial charge < -0.3 is 2.85 Å². The van der Waals surface area contributed by atoms with Crippen LogP contribution in [0.15, 0.2) is 36.9 Å². The normalized spacial score (nSPS) is 6.80. The van der Waals surface area contributed by atoms with E-state index in [9.17, 15) is 0 Å². The van der Waals surface area contributed by atoms with Gasteiger partial charge in [-0.15, -0.1) is 0 Å². The summed E-state index contributed by atoms with van der Waals surface area (Å²) in [4.78, 5) is 0. The number of hydrogen-bond donors (Lipinski definition) is 0. The molecule has 0 radical (unpaired) electrons. The first-order valence-electron chi connectivity index (χ1n) is 2.61. The first-order valence-corrected chi connectivity index (χ1v) is 2.61. The fourth-order valence-electron chi connectivity index (χ4n) is 0.589. The van der Waals surface area contributed by atoms with Crippen LogP contribution in [0.4, 0.5) is 0 Å². The Morgan fingerprint density at radius 2 is 1.60 bits per heavy atom. The summed E-state index contributed by atoms with van der Waals surface area (Å²) < 4.78 is 0. The molecule has 1 rings (SSSR count). The molecule has 0 amide bonds. The Bertz CT molecular complexity index is 178. The van der Waals surface area contributed by atoms with Gasteiger partial charge in [0, 0.05) is 0 Å². The topological polar surface area (TPSA) is 0 Å². The maximum absolute atomic E-state index is 3.63. The zero-order chi connectivity index (χ0) is 5.82. The van der Waals surface area contributed by atoms with Crippen molar-refractivity contribution >= 4 is 6.08 Å². The molecule has 0 atom stereocenters. The van der Waals surface area contributed by atoms with Crippen molar-refractivity contribution < 1.29 is 40.6 Å². The van der Waals surface area contributed by atoms with Crippen molar-refractivity contribution in [3.63, 3.8) is 0 Å². The van der Waals surface area contributed by atoms with Crippen LogP contribution in [0.2, 0.25) is 0 Å². The molecule has 0 aliphatic heterocycles. The zero-order valence-electron chi connectivity index (χ0n) is 8.67. The summed E-state index contributed by atoms with van der Waals surface area (Å²) in [6, 6.07) is 10.0. The molecule has 0 saturated carbocycles. The van der Waals surface area contributed by atoms with Gasteiger partial charge in [-0.25, -0.2) is 0 Å². The Hall–Kier alpha value is 0.155. The molecule has 0 unspecified atom stereocenters. The van der Waals surface area contributed by atoms with Gasteiger partial charge in [-0.1, -0.05) is 43.0 Å². The molecule has 0 fully saturated rings. The summed E-state index contributed by atoms with van der Waals surface area (Å²) >= 11 is 0. The Labute approximate surface area is 89.0 Å². The molecule has 0 aliphatic carbocycles. The van der Waals surface area contributed by atoms with Gasteiger partial charge in [-0.2, -0.15) is 0 Å². The van der Waals surface area contributed by atoms with Crippen LogP contribution in [-0.4, -0.2) is 0 Å². The molecule has 2 heteroatoms. The Morgan fingerprint density at radius 3 is 1.90 bits per heavy atom. The van der Waals surface area contributed by atoms with E-state index >= 15 is 0 Å². The summed E-state index contributed by atoms with van der Waals surface area (Å²) in [6.45, 7) is 3.63. The largest absolute Gasteiger partial charge is 1.00 e. The van der Waals surface area contributed by atoms with Crippen LogP contribution >= 0.6 is 0 Å². The maximum atomic E-state index is 3.63. The summed E-state index contributed by atoms with van der Waals surface area (Å²) in [5.74, 6) is 0. The van der Waals surface area contributed by atoms with E-state index in [1.165, 1.54) is 5.56 Å².